The molecule has 0 fully saturated rings. The summed E-state index contributed by atoms with van der Waals surface area (Å²) in [6, 6.07) is 1.25. The van der Waals surface area contributed by atoms with E-state index in [1.165, 1.54) is 18.5 Å². The van der Waals surface area contributed by atoms with E-state index >= 15 is 0 Å². The molecular weight excluding hydrogens is 184 g/mol. The van der Waals surface area contributed by atoms with Crippen molar-refractivity contribution in [2.75, 3.05) is 6.54 Å². The first-order valence-electron chi connectivity index (χ1n) is 6.01. The van der Waals surface area contributed by atoms with Crippen LogP contribution in [0.1, 0.15) is 44.9 Å². The minimum Gasteiger partial charge on any atom is -0.351 e. The maximum absolute atomic E-state index is 2.55. The minimum absolute atomic E-state index is 0.586. The predicted molar refractivity (Wildman–Crippen MR) is 64.1 cm³/mol. The van der Waals surface area contributed by atoms with Gasteiger partial charge in [-0.05, 0) is 45.2 Å². The highest BCUT2D eigenvalue weighted by molar-refractivity contribution is 5.27. The number of aromatic nitrogens is 1. The summed E-state index contributed by atoms with van der Waals surface area (Å²) in [5.74, 6) is 0. The average molecular weight is 206 g/mol. The fourth-order valence-corrected chi connectivity index (χ4v) is 2.23. The van der Waals surface area contributed by atoms with Crippen molar-refractivity contribution in [3.05, 3.63) is 23.5 Å². The van der Waals surface area contributed by atoms with Crippen molar-refractivity contribution in [2.24, 2.45) is 0 Å². The van der Waals surface area contributed by atoms with Crippen LogP contribution in [-0.4, -0.2) is 22.1 Å². The number of nitrogens with zero attached hydrogens (tertiary/aromatic N) is 2. The molecule has 15 heavy (non-hydrogen) atoms. The summed E-state index contributed by atoms with van der Waals surface area (Å²) in [4.78, 5) is 2.55. The lowest BCUT2D eigenvalue weighted by Crippen LogP contribution is -2.35. The second-order valence-electron chi connectivity index (χ2n) is 5.16. The fourth-order valence-electron chi connectivity index (χ4n) is 2.23. The molecule has 2 rings (SSSR count). The smallest absolute Gasteiger partial charge is 0.0274 e. The molecular formula is C13H22N2. The van der Waals surface area contributed by atoms with E-state index in [4.69, 9.17) is 0 Å². The molecule has 0 aliphatic carbocycles. The van der Waals surface area contributed by atoms with Crippen LogP contribution in [0.15, 0.2) is 12.4 Å². The third-order valence-corrected chi connectivity index (χ3v) is 3.39. The number of hydrogen-bond acceptors (Lipinski definition) is 1. The SMILES string of the molecule is CC(C)N1CCc2cn(C(C)C)cc2C1. The molecule has 0 radical (unpaired) electrons. The van der Waals surface area contributed by atoms with Crippen LogP contribution in [0.25, 0.3) is 0 Å². The van der Waals surface area contributed by atoms with E-state index in [1.54, 1.807) is 5.56 Å². The Morgan fingerprint density at radius 2 is 1.67 bits per heavy atom. The van der Waals surface area contributed by atoms with Gasteiger partial charge in [-0.25, -0.2) is 0 Å². The predicted octanol–water partition coefficient (Wildman–Crippen LogP) is 2.84. The normalized spacial score (nSPS) is 17.5. The summed E-state index contributed by atoms with van der Waals surface area (Å²) in [6.07, 6.45) is 5.87. The molecule has 0 aromatic carbocycles. The van der Waals surface area contributed by atoms with Gasteiger partial charge >= 0.3 is 0 Å². The monoisotopic (exact) mass is 206 g/mol. The highest BCUT2D eigenvalue weighted by atomic mass is 15.2. The molecule has 2 heterocycles. The van der Waals surface area contributed by atoms with Crippen LogP contribution >= 0.6 is 0 Å². The molecule has 0 saturated carbocycles. The van der Waals surface area contributed by atoms with Gasteiger partial charge in [0.25, 0.3) is 0 Å². The van der Waals surface area contributed by atoms with E-state index in [1.807, 2.05) is 0 Å². The lowest BCUT2D eigenvalue weighted by Gasteiger charge is -2.30. The van der Waals surface area contributed by atoms with Crippen molar-refractivity contribution in [1.29, 1.82) is 0 Å². The van der Waals surface area contributed by atoms with Crippen LogP contribution in [0.5, 0.6) is 0 Å². The van der Waals surface area contributed by atoms with Crippen molar-refractivity contribution in [2.45, 2.75) is 52.7 Å². The molecule has 84 valence electrons. The van der Waals surface area contributed by atoms with E-state index in [9.17, 15) is 0 Å². The maximum atomic E-state index is 2.55. The van der Waals surface area contributed by atoms with E-state index < -0.39 is 0 Å². The summed E-state index contributed by atoms with van der Waals surface area (Å²) < 4.78 is 2.34. The van der Waals surface area contributed by atoms with Gasteiger partial charge in [-0.2, -0.15) is 0 Å². The second kappa shape index (κ2) is 4.01. The van der Waals surface area contributed by atoms with Gasteiger partial charge in [0.2, 0.25) is 0 Å². The number of fused-ring (bicyclic) bond motifs is 1. The zero-order chi connectivity index (χ0) is 11.0. The van der Waals surface area contributed by atoms with E-state index in [-0.39, 0.29) is 0 Å². The van der Waals surface area contributed by atoms with Gasteiger partial charge in [0.15, 0.2) is 0 Å². The zero-order valence-electron chi connectivity index (χ0n) is 10.3. The Morgan fingerprint density at radius 3 is 2.27 bits per heavy atom. The molecule has 0 unspecified atom stereocenters. The quantitative estimate of drug-likeness (QED) is 0.722. The third kappa shape index (κ3) is 2.10. The molecule has 2 heteroatoms. The molecule has 1 aromatic heterocycles. The molecule has 0 atom stereocenters. The van der Waals surface area contributed by atoms with Crippen LogP contribution in [-0.2, 0) is 13.0 Å². The maximum Gasteiger partial charge on any atom is 0.0274 e. The molecule has 0 saturated heterocycles. The lowest BCUT2D eigenvalue weighted by atomic mass is 10.0. The van der Waals surface area contributed by atoms with Gasteiger partial charge < -0.3 is 4.57 Å². The summed E-state index contributed by atoms with van der Waals surface area (Å²) in [7, 11) is 0. The van der Waals surface area contributed by atoms with Crippen molar-refractivity contribution in [1.82, 2.24) is 9.47 Å². The first-order valence-corrected chi connectivity index (χ1v) is 6.01. The van der Waals surface area contributed by atoms with Gasteiger partial charge in [0, 0.05) is 37.6 Å². The fraction of sp³-hybridized carbons (Fsp3) is 0.692. The van der Waals surface area contributed by atoms with Crippen LogP contribution in [0.4, 0.5) is 0 Å². The topological polar surface area (TPSA) is 8.17 Å². The van der Waals surface area contributed by atoms with E-state index in [0.29, 0.717) is 12.1 Å². The average Bonchev–Trinajstić information content (AvgIpc) is 2.59. The molecule has 1 aliphatic heterocycles. The molecule has 1 aliphatic rings. The van der Waals surface area contributed by atoms with Crippen LogP contribution in [0.3, 0.4) is 0 Å². The summed E-state index contributed by atoms with van der Waals surface area (Å²) in [5, 5.41) is 0. The molecule has 2 nitrogen and oxygen atoms in total. The highest BCUT2D eigenvalue weighted by Crippen LogP contribution is 2.23. The van der Waals surface area contributed by atoms with Gasteiger partial charge in [-0.1, -0.05) is 0 Å². The van der Waals surface area contributed by atoms with E-state index in [0.717, 1.165) is 6.54 Å². The zero-order valence-corrected chi connectivity index (χ0v) is 10.3. The van der Waals surface area contributed by atoms with Crippen LogP contribution < -0.4 is 0 Å². The highest BCUT2D eigenvalue weighted by Gasteiger charge is 2.20. The van der Waals surface area contributed by atoms with Gasteiger partial charge in [0.1, 0.15) is 0 Å². The van der Waals surface area contributed by atoms with Crippen molar-refractivity contribution < 1.29 is 0 Å². The molecule has 0 bridgehead atoms. The Balaban J connectivity index is 2.19. The number of rotatable bonds is 2. The minimum atomic E-state index is 0.586. The summed E-state index contributed by atoms with van der Waals surface area (Å²) in [6.45, 7) is 11.4. The van der Waals surface area contributed by atoms with E-state index in [2.05, 4.69) is 49.6 Å². The molecule has 0 spiro atoms. The van der Waals surface area contributed by atoms with Gasteiger partial charge in [0.05, 0.1) is 0 Å². The van der Waals surface area contributed by atoms with Crippen molar-refractivity contribution >= 4 is 0 Å². The lowest BCUT2D eigenvalue weighted by molar-refractivity contribution is 0.204. The largest absolute Gasteiger partial charge is 0.351 e. The standard InChI is InChI=1S/C13H22N2/c1-10(2)14-6-5-12-7-15(11(3)4)9-13(12)8-14/h7,9-11H,5-6,8H2,1-4H3. The first-order chi connectivity index (χ1) is 7.08. The second-order valence-corrected chi connectivity index (χ2v) is 5.16. The molecule has 1 aromatic rings. The molecule has 0 amide bonds. The Kier molecular flexibility index (Phi) is 2.87. The Labute approximate surface area is 92.9 Å². The Bertz CT molecular complexity index is 336. The Hall–Kier alpha value is -0.760. The van der Waals surface area contributed by atoms with Crippen LogP contribution in [0, 0.1) is 0 Å². The van der Waals surface area contributed by atoms with Gasteiger partial charge in [-0.3, -0.25) is 4.90 Å². The molecule has 0 N–H and O–H groups in total. The number of hydrogen-bond donors (Lipinski definition) is 0. The summed E-state index contributed by atoms with van der Waals surface area (Å²) >= 11 is 0. The summed E-state index contributed by atoms with van der Waals surface area (Å²) in [5.41, 5.74) is 3.09. The third-order valence-electron chi connectivity index (χ3n) is 3.39. The van der Waals surface area contributed by atoms with Crippen molar-refractivity contribution in [3.8, 4) is 0 Å². The Morgan fingerprint density at radius 1 is 1.00 bits per heavy atom. The van der Waals surface area contributed by atoms with Crippen molar-refractivity contribution in [3.63, 3.8) is 0 Å². The first kappa shape index (κ1) is 10.7. The van der Waals surface area contributed by atoms with Crippen LogP contribution in [0.2, 0.25) is 0 Å². The van der Waals surface area contributed by atoms with Gasteiger partial charge in [-0.15, -0.1) is 0 Å².